The molecule has 1 unspecified atom stereocenters. The Kier molecular flexibility index (Phi) is 4.43. The number of nitrogens with zero attached hydrogens (tertiary/aromatic N) is 1. The highest BCUT2D eigenvalue weighted by Crippen LogP contribution is 2.20. The first kappa shape index (κ1) is 11.9. The molecule has 0 aromatic heterocycles. The zero-order valence-electron chi connectivity index (χ0n) is 9.60. The highest BCUT2D eigenvalue weighted by atomic mass is 16.5. The highest BCUT2D eigenvalue weighted by molar-refractivity contribution is 5.49. The Morgan fingerprint density at radius 3 is 2.73 bits per heavy atom. The van der Waals surface area contributed by atoms with E-state index in [-0.39, 0.29) is 12.7 Å². The molecule has 3 heteroatoms. The van der Waals surface area contributed by atoms with Gasteiger partial charge in [0.2, 0.25) is 0 Å². The van der Waals surface area contributed by atoms with Crippen LogP contribution in [0.1, 0.15) is 13.3 Å². The molecule has 0 aliphatic carbocycles. The molecule has 0 aliphatic rings. The smallest absolute Gasteiger partial charge is 0.121 e. The lowest BCUT2D eigenvalue weighted by Crippen LogP contribution is -2.14. The first-order chi connectivity index (χ1) is 7.13. The van der Waals surface area contributed by atoms with Crippen molar-refractivity contribution in [1.82, 2.24) is 0 Å². The molecule has 0 saturated heterocycles. The van der Waals surface area contributed by atoms with Crippen LogP contribution in [0.3, 0.4) is 0 Å². The van der Waals surface area contributed by atoms with Crippen molar-refractivity contribution in [2.75, 3.05) is 25.6 Å². The highest BCUT2D eigenvalue weighted by Gasteiger charge is 2.04. The van der Waals surface area contributed by atoms with Crippen LogP contribution in [-0.2, 0) is 0 Å². The van der Waals surface area contributed by atoms with Gasteiger partial charge in [0.1, 0.15) is 5.75 Å². The van der Waals surface area contributed by atoms with Gasteiger partial charge in [0.15, 0.2) is 0 Å². The summed E-state index contributed by atoms with van der Waals surface area (Å²) in [5, 5.41) is 8.77. The summed E-state index contributed by atoms with van der Waals surface area (Å²) in [4.78, 5) is 2.03. The quantitative estimate of drug-likeness (QED) is 0.804. The molecule has 1 atom stereocenters. The van der Waals surface area contributed by atoms with Crippen LogP contribution in [0.2, 0.25) is 0 Å². The minimum atomic E-state index is 0.0485. The van der Waals surface area contributed by atoms with E-state index in [1.807, 2.05) is 50.2 Å². The lowest BCUT2D eigenvalue weighted by molar-refractivity contribution is 0.169. The minimum Gasteiger partial charge on any atom is -0.491 e. The maximum absolute atomic E-state index is 8.77. The van der Waals surface area contributed by atoms with Gasteiger partial charge in [0, 0.05) is 38.9 Å². The Morgan fingerprint density at radius 1 is 1.40 bits per heavy atom. The molecule has 84 valence electrons. The number of anilines is 1. The largest absolute Gasteiger partial charge is 0.491 e. The summed E-state index contributed by atoms with van der Waals surface area (Å²) in [5.41, 5.74) is 1.11. The molecule has 3 nitrogen and oxygen atoms in total. The van der Waals surface area contributed by atoms with Crippen molar-refractivity contribution in [3.05, 3.63) is 24.3 Å². The molecule has 0 radical (unpaired) electrons. The molecule has 0 fully saturated rings. The number of ether oxygens (including phenoxy) is 1. The Balaban J connectivity index is 2.65. The molecule has 1 aromatic carbocycles. The predicted octanol–water partition coefficient (Wildman–Crippen LogP) is 1.90. The van der Waals surface area contributed by atoms with Crippen molar-refractivity contribution in [3.8, 4) is 5.75 Å². The summed E-state index contributed by atoms with van der Waals surface area (Å²) >= 11 is 0. The van der Waals surface area contributed by atoms with Crippen molar-refractivity contribution in [2.45, 2.75) is 19.4 Å². The van der Waals surface area contributed by atoms with E-state index in [1.54, 1.807) is 0 Å². The Morgan fingerprint density at radius 2 is 2.13 bits per heavy atom. The zero-order valence-corrected chi connectivity index (χ0v) is 9.60. The van der Waals surface area contributed by atoms with E-state index >= 15 is 0 Å². The third-order valence-corrected chi connectivity index (χ3v) is 2.21. The third-order valence-electron chi connectivity index (χ3n) is 2.21. The molecule has 0 bridgehead atoms. The fourth-order valence-electron chi connectivity index (χ4n) is 1.31. The summed E-state index contributed by atoms with van der Waals surface area (Å²) in [6.07, 6.45) is 0.707. The van der Waals surface area contributed by atoms with E-state index in [4.69, 9.17) is 9.84 Å². The van der Waals surface area contributed by atoms with Crippen LogP contribution in [0.25, 0.3) is 0 Å². The molecule has 1 N–H and O–H groups in total. The average Bonchev–Trinajstić information content (AvgIpc) is 2.18. The fourth-order valence-corrected chi connectivity index (χ4v) is 1.31. The first-order valence-electron chi connectivity index (χ1n) is 5.18. The van der Waals surface area contributed by atoms with Gasteiger partial charge in [0.25, 0.3) is 0 Å². The molecular formula is C12H19NO2. The molecule has 0 amide bonds. The molecule has 0 spiro atoms. The number of hydrogen-bond acceptors (Lipinski definition) is 3. The van der Waals surface area contributed by atoms with Crippen molar-refractivity contribution in [2.24, 2.45) is 0 Å². The van der Waals surface area contributed by atoms with Crippen LogP contribution in [-0.4, -0.2) is 31.9 Å². The van der Waals surface area contributed by atoms with Gasteiger partial charge in [0.05, 0.1) is 6.10 Å². The lowest BCUT2D eigenvalue weighted by atomic mass is 10.2. The SMILES string of the molecule is CC(CCO)Oc1cccc(N(C)C)c1. The maximum Gasteiger partial charge on any atom is 0.121 e. The van der Waals surface area contributed by atoms with Crippen molar-refractivity contribution in [3.63, 3.8) is 0 Å². The first-order valence-corrected chi connectivity index (χ1v) is 5.18. The van der Waals surface area contributed by atoms with E-state index in [2.05, 4.69) is 0 Å². The summed E-state index contributed by atoms with van der Waals surface area (Å²) < 4.78 is 5.66. The third kappa shape index (κ3) is 3.80. The Hall–Kier alpha value is -1.22. The normalized spacial score (nSPS) is 12.3. The van der Waals surface area contributed by atoms with E-state index in [9.17, 15) is 0 Å². The van der Waals surface area contributed by atoms with Crippen molar-refractivity contribution in [1.29, 1.82) is 0 Å². The number of hydrogen-bond donors (Lipinski definition) is 1. The molecule has 0 aliphatic heterocycles. The summed E-state index contributed by atoms with van der Waals surface area (Å²) in [5.74, 6) is 0.849. The maximum atomic E-state index is 8.77. The van der Waals surface area contributed by atoms with Crippen LogP contribution in [0.15, 0.2) is 24.3 Å². The van der Waals surface area contributed by atoms with E-state index < -0.39 is 0 Å². The summed E-state index contributed by atoms with van der Waals surface area (Å²) in [6, 6.07) is 7.93. The molecule has 1 rings (SSSR count). The topological polar surface area (TPSA) is 32.7 Å². The van der Waals surface area contributed by atoms with Gasteiger partial charge in [-0.3, -0.25) is 0 Å². The second-order valence-corrected chi connectivity index (χ2v) is 3.83. The second kappa shape index (κ2) is 5.61. The van der Waals surface area contributed by atoms with Crippen LogP contribution >= 0.6 is 0 Å². The van der Waals surface area contributed by atoms with E-state index in [0.29, 0.717) is 6.42 Å². The van der Waals surface area contributed by atoms with Crippen LogP contribution in [0.5, 0.6) is 5.75 Å². The monoisotopic (exact) mass is 209 g/mol. The summed E-state index contributed by atoms with van der Waals surface area (Å²) in [7, 11) is 3.99. The van der Waals surface area contributed by atoms with Gasteiger partial charge in [-0.25, -0.2) is 0 Å². The van der Waals surface area contributed by atoms with Gasteiger partial charge in [-0.1, -0.05) is 6.07 Å². The minimum absolute atomic E-state index is 0.0485. The van der Waals surface area contributed by atoms with Gasteiger partial charge < -0.3 is 14.7 Å². The fraction of sp³-hybridized carbons (Fsp3) is 0.500. The van der Waals surface area contributed by atoms with Gasteiger partial charge in [-0.05, 0) is 19.1 Å². The summed E-state index contributed by atoms with van der Waals surface area (Å²) in [6.45, 7) is 2.12. The standard InChI is InChI=1S/C12H19NO2/c1-10(7-8-14)15-12-6-4-5-11(9-12)13(2)3/h4-6,9-10,14H,7-8H2,1-3H3. The van der Waals surface area contributed by atoms with Crippen LogP contribution < -0.4 is 9.64 Å². The number of aliphatic hydroxyl groups excluding tert-OH is 1. The molecule has 1 aromatic rings. The second-order valence-electron chi connectivity index (χ2n) is 3.83. The number of benzene rings is 1. The van der Waals surface area contributed by atoms with Crippen molar-refractivity contribution >= 4 is 5.69 Å². The lowest BCUT2D eigenvalue weighted by Gasteiger charge is -2.17. The molecule has 15 heavy (non-hydrogen) atoms. The Bertz CT molecular complexity index is 299. The van der Waals surface area contributed by atoms with Crippen LogP contribution in [0.4, 0.5) is 5.69 Å². The number of aliphatic hydroxyl groups is 1. The van der Waals surface area contributed by atoms with Gasteiger partial charge >= 0.3 is 0 Å². The Labute approximate surface area is 91.3 Å². The van der Waals surface area contributed by atoms with Crippen LogP contribution in [0, 0.1) is 0 Å². The predicted molar refractivity (Wildman–Crippen MR) is 62.6 cm³/mol. The van der Waals surface area contributed by atoms with E-state index in [0.717, 1.165) is 11.4 Å². The van der Waals surface area contributed by atoms with Crippen molar-refractivity contribution < 1.29 is 9.84 Å². The van der Waals surface area contributed by atoms with E-state index in [1.165, 1.54) is 0 Å². The molecule has 0 saturated carbocycles. The van der Waals surface area contributed by atoms with Gasteiger partial charge in [-0.2, -0.15) is 0 Å². The zero-order chi connectivity index (χ0) is 11.3. The average molecular weight is 209 g/mol. The number of rotatable bonds is 5. The molecule has 0 heterocycles. The van der Waals surface area contributed by atoms with Gasteiger partial charge in [-0.15, -0.1) is 0 Å². The molecular weight excluding hydrogens is 190 g/mol.